The van der Waals surface area contributed by atoms with Crippen molar-refractivity contribution in [2.45, 2.75) is 18.8 Å². The van der Waals surface area contributed by atoms with Crippen molar-refractivity contribution in [3.63, 3.8) is 0 Å². The van der Waals surface area contributed by atoms with Crippen molar-refractivity contribution in [3.05, 3.63) is 106 Å². The minimum Gasteiger partial charge on any atom is -0.497 e. The molecule has 0 spiro atoms. The van der Waals surface area contributed by atoms with Gasteiger partial charge in [0.05, 0.1) is 47.0 Å². The van der Waals surface area contributed by atoms with Crippen LogP contribution in [-0.2, 0) is 11.2 Å². The number of carbonyl (C=O) groups excluding carboxylic acids is 2. The Labute approximate surface area is 260 Å². The summed E-state index contributed by atoms with van der Waals surface area (Å²) in [6.07, 6.45) is 2.28. The van der Waals surface area contributed by atoms with E-state index in [0.717, 1.165) is 16.9 Å². The zero-order chi connectivity index (χ0) is 31.5. The van der Waals surface area contributed by atoms with Crippen LogP contribution in [0.25, 0.3) is 6.08 Å². The van der Waals surface area contributed by atoms with Crippen molar-refractivity contribution in [2.75, 3.05) is 35.0 Å². The van der Waals surface area contributed by atoms with Crippen molar-refractivity contribution in [3.8, 4) is 40.2 Å². The normalized spacial score (nSPS) is 15.9. The number of fused-ring (bicyclic) bond motifs is 3. The molecule has 2 aliphatic heterocycles. The smallest absolute Gasteiger partial charge is 0.312 e. The van der Waals surface area contributed by atoms with Crippen molar-refractivity contribution in [1.82, 2.24) is 0 Å². The maximum absolute atomic E-state index is 13.6. The number of para-hydroxylation sites is 2. The molecule has 45 heavy (non-hydrogen) atoms. The third kappa shape index (κ3) is 5.64. The first-order valence-corrected chi connectivity index (χ1v) is 14.4. The van der Waals surface area contributed by atoms with Crippen molar-refractivity contribution >= 4 is 17.8 Å². The molecule has 0 amide bonds. The van der Waals surface area contributed by atoms with Gasteiger partial charge in [0.15, 0.2) is 28.8 Å². The number of Topliss-reactive ketones (excluding diaryl/α,β-unsaturated/α-hetero) is 1. The van der Waals surface area contributed by atoms with Crippen LogP contribution in [-0.4, -0.2) is 46.8 Å². The van der Waals surface area contributed by atoms with E-state index in [2.05, 4.69) is 0 Å². The minimum absolute atomic E-state index is 0.0196. The zero-order valence-corrected chi connectivity index (χ0v) is 25.4. The summed E-state index contributed by atoms with van der Waals surface area (Å²) in [5, 5.41) is 0. The molecule has 1 atom stereocenters. The molecule has 9 heteroatoms. The van der Waals surface area contributed by atoms with Crippen LogP contribution in [0.5, 0.6) is 40.2 Å². The number of benzene rings is 4. The third-order valence-electron chi connectivity index (χ3n) is 7.90. The highest BCUT2D eigenvalue weighted by Crippen LogP contribution is 2.52. The van der Waals surface area contributed by atoms with Crippen LogP contribution in [0, 0.1) is 0 Å². The summed E-state index contributed by atoms with van der Waals surface area (Å²) < 4.78 is 40.2. The van der Waals surface area contributed by atoms with Gasteiger partial charge in [-0.3, -0.25) is 9.59 Å². The lowest BCUT2D eigenvalue weighted by molar-refractivity contribution is -0.135. The van der Waals surface area contributed by atoms with Crippen molar-refractivity contribution in [1.29, 1.82) is 0 Å². The number of methoxy groups -OCH3 is 4. The molecule has 4 aromatic carbocycles. The lowest BCUT2D eigenvalue weighted by Crippen LogP contribution is -2.22. The Morgan fingerprint density at radius 2 is 1.51 bits per heavy atom. The number of allylic oxidation sites excluding steroid dienone is 1. The zero-order valence-electron chi connectivity index (χ0n) is 25.4. The number of hydrogen-bond acceptors (Lipinski definition) is 9. The first kappa shape index (κ1) is 29.6. The number of ketones is 1. The van der Waals surface area contributed by atoms with E-state index in [4.69, 9.17) is 33.2 Å². The van der Waals surface area contributed by atoms with Crippen LogP contribution in [0.2, 0.25) is 0 Å². The van der Waals surface area contributed by atoms with E-state index in [1.807, 2.05) is 42.5 Å². The van der Waals surface area contributed by atoms with Gasteiger partial charge in [-0.15, -0.1) is 0 Å². The van der Waals surface area contributed by atoms with E-state index in [9.17, 15) is 9.59 Å². The molecule has 0 saturated carbocycles. The molecule has 0 aliphatic carbocycles. The molecule has 2 heterocycles. The number of rotatable bonds is 10. The summed E-state index contributed by atoms with van der Waals surface area (Å²) in [6.45, 7) is 0.362. The fourth-order valence-electron chi connectivity index (χ4n) is 5.72. The average molecular weight is 609 g/mol. The van der Waals surface area contributed by atoms with Crippen LogP contribution in [0.15, 0.2) is 78.6 Å². The van der Waals surface area contributed by atoms with E-state index < -0.39 is 11.9 Å². The molecule has 0 radical (unpaired) electrons. The van der Waals surface area contributed by atoms with Crippen LogP contribution in [0.4, 0.5) is 0 Å². The maximum atomic E-state index is 13.6. The summed E-state index contributed by atoms with van der Waals surface area (Å²) >= 11 is 0. The maximum Gasteiger partial charge on any atom is 0.312 e. The highest BCUT2D eigenvalue weighted by atomic mass is 16.5. The van der Waals surface area contributed by atoms with Gasteiger partial charge in [0.2, 0.25) is 5.78 Å². The van der Waals surface area contributed by atoms with Gasteiger partial charge in [0, 0.05) is 29.0 Å². The van der Waals surface area contributed by atoms with E-state index in [1.54, 1.807) is 57.7 Å². The average Bonchev–Trinajstić information content (AvgIpc) is 3.38. The van der Waals surface area contributed by atoms with Crippen LogP contribution in [0.3, 0.4) is 0 Å². The number of esters is 1. The molecule has 9 nitrogen and oxygen atoms in total. The molecular formula is C36H32O9. The highest BCUT2D eigenvalue weighted by molar-refractivity contribution is 6.15. The van der Waals surface area contributed by atoms with Crippen LogP contribution < -0.4 is 33.2 Å². The fraction of sp³-hybridized carbons (Fsp3) is 0.222. The Hall–Kier alpha value is -5.44. The van der Waals surface area contributed by atoms with E-state index in [-0.39, 0.29) is 18.0 Å². The quantitative estimate of drug-likeness (QED) is 0.115. The molecule has 4 aromatic rings. The predicted molar refractivity (Wildman–Crippen MR) is 166 cm³/mol. The summed E-state index contributed by atoms with van der Waals surface area (Å²) in [6, 6.07) is 22.0. The molecule has 0 saturated heterocycles. The SMILES string of the molecule is COc1ccc(CCOc2c(OC)cccc2[C@@H]2CC(=O)Oc3ccc4c(c32)O/C(=C\c2cccc(OC)c2OC)C4=O)cc1. The van der Waals surface area contributed by atoms with Gasteiger partial charge in [0.25, 0.3) is 0 Å². The summed E-state index contributed by atoms with van der Waals surface area (Å²) in [7, 11) is 6.28. The molecular weight excluding hydrogens is 576 g/mol. The number of ether oxygens (including phenoxy) is 7. The third-order valence-corrected chi connectivity index (χ3v) is 7.90. The second kappa shape index (κ2) is 12.7. The molecule has 0 unspecified atom stereocenters. The fourth-order valence-corrected chi connectivity index (χ4v) is 5.72. The van der Waals surface area contributed by atoms with E-state index in [1.165, 1.54) is 7.11 Å². The summed E-state index contributed by atoms with van der Waals surface area (Å²) in [4.78, 5) is 26.5. The van der Waals surface area contributed by atoms with Crippen molar-refractivity contribution in [2.24, 2.45) is 0 Å². The second-order valence-corrected chi connectivity index (χ2v) is 10.4. The Bertz CT molecular complexity index is 1790. The Morgan fingerprint density at radius 3 is 2.22 bits per heavy atom. The van der Waals surface area contributed by atoms with Crippen LogP contribution in [0.1, 0.15) is 45.0 Å². The van der Waals surface area contributed by atoms with Gasteiger partial charge < -0.3 is 33.2 Å². The Morgan fingerprint density at radius 1 is 0.778 bits per heavy atom. The highest BCUT2D eigenvalue weighted by Gasteiger charge is 2.40. The lowest BCUT2D eigenvalue weighted by atomic mass is 9.84. The predicted octanol–water partition coefficient (Wildman–Crippen LogP) is 6.40. The first-order chi connectivity index (χ1) is 21.9. The number of hydrogen-bond donors (Lipinski definition) is 0. The second-order valence-electron chi connectivity index (χ2n) is 10.4. The monoisotopic (exact) mass is 608 g/mol. The van der Waals surface area contributed by atoms with Gasteiger partial charge in [-0.05, 0) is 48.0 Å². The lowest BCUT2D eigenvalue weighted by Gasteiger charge is -2.28. The largest absolute Gasteiger partial charge is 0.497 e. The number of carbonyl (C=O) groups is 2. The summed E-state index contributed by atoms with van der Waals surface area (Å²) in [5.41, 5.74) is 3.38. The van der Waals surface area contributed by atoms with Gasteiger partial charge in [-0.2, -0.15) is 0 Å². The van der Waals surface area contributed by atoms with Gasteiger partial charge in [-0.1, -0.05) is 36.4 Å². The molecule has 6 rings (SSSR count). The molecule has 0 aromatic heterocycles. The van der Waals surface area contributed by atoms with Gasteiger partial charge in [0.1, 0.15) is 17.2 Å². The minimum atomic E-state index is -0.527. The summed E-state index contributed by atoms with van der Waals surface area (Å²) in [5.74, 6) is 2.38. The molecule has 230 valence electrons. The molecule has 0 bridgehead atoms. The molecule has 0 N–H and O–H groups in total. The van der Waals surface area contributed by atoms with Gasteiger partial charge in [-0.25, -0.2) is 0 Å². The molecule has 2 aliphatic rings. The molecule has 0 fully saturated rings. The van der Waals surface area contributed by atoms with Crippen molar-refractivity contribution < 1.29 is 42.7 Å². The Balaban J connectivity index is 1.37. The topological polar surface area (TPSA) is 98.8 Å². The van der Waals surface area contributed by atoms with Crippen LogP contribution >= 0.6 is 0 Å². The van der Waals surface area contributed by atoms with E-state index >= 15 is 0 Å². The standard InChI is InChI=1S/C36H32O9/c1-39-23-13-11-21(12-14-23)17-18-43-35-24(8-6-10-29(35)41-3)26-20-31(37)44-27-16-15-25-33(38)30(45-36(25)32(26)27)19-22-7-5-9-28(40-2)34(22)42-4/h5-16,19,26H,17-18,20H2,1-4H3/b30-19-/t26-/m0/s1. The van der Waals surface area contributed by atoms with E-state index in [0.29, 0.717) is 64.2 Å². The first-order valence-electron chi connectivity index (χ1n) is 14.4. The Kier molecular flexibility index (Phi) is 8.33. The van der Waals surface area contributed by atoms with Gasteiger partial charge >= 0.3 is 5.97 Å².